The fourth-order valence-electron chi connectivity index (χ4n) is 3.30. The van der Waals surface area contributed by atoms with E-state index in [4.69, 9.17) is 12.2 Å². The van der Waals surface area contributed by atoms with Gasteiger partial charge in [-0.3, -0.25) is 4.68 Å². The van der Waals surface area contributed by atoms with Crippen molar-refractivity contribution >= 4 is 44.7 Å². The van der Waals surface area contributed by atoms with Crippen LogP contribution in [0.3, 0.4) is 0 Å². The lowest BCUT2D eigenvalue weighted by Crippen LogP contribution is -2.19. The number of aromatic nitrogens is 4. The predicted octanol–water partition coefficient (Wildman–Crippen LogP) is 3.95. The molecule has 0 radical (unpaired) electrons. The lowest BCUT2D eigenvalue weighted by atomic mass is 10.2. The average molecular weight is 494 g/mol. The smallest absolute Gasteiger partial charge is 0.264 e. The van der Waals surface area contributed by atoms with Crippen molar-refractivity contribution in [3.63, 3.8) is 0 Å². The number of sulfonamides is 1. The summed E-state index contributed by atoms with van der Waals surface area (Å²) in [4.78, 5) is 7.84. The first-order chi connectivity index (χ1) is 16.3. The summed E-state index contributed by atoms with van der Waals surface area (Å²) in [6.07, 6.45) is 2.92. The summed E-state index contributed by atoms with van der Waals surface area (Å²) in [6.45, 7) is 4.66. The summed E-state index contributed by atoms with van der Waals surface area (Å²) in [6, 6.07) is 17.8. The van der Waals surface area contributed by atoms with E-state index in [2.05, 4.69) is 30.4 Å². The zero-order valence-electron chi connectivity index (χ0n) is 18.6. The molecule has 0 saturated heterocycles. The van der Waals surface area contributed by atoms with Gasteiger partial charge in [-0.25, -0.2) is 23.1 Å². The summed E-state index contributed by atoms with van der Waals surface area (Å²) in [5, 5.41) is 11.1. The van der Waals surface area contributed by atoms with Gasteiger partial charge in [0.25, 0.3) is 10.0 Å². The molecule has 174 valence electrons. The Hall–Kier alpha value is -3.83. The van der Waals surface area contributed by atoms with Gasteiger partial charge in [0.1, 0.15) is 0 Å². The Balaban J connectivity index is 1.37. The van der Waals surface area contributed by atoms with E-state index in [1.165, 1.54) is 24.5 Å². The van der Waals surface area contributed by atoms with E-state index >= 15 is 0 Å². The second-order valence-corrected chi connectivity index (χ2v) is 9.66. The van der Waals surface area contributed by atoms with Crippen LogP contribution >= 0.6 is 12.2 Å². The Bertz CT molecular complexity index is 1400. The quantitative estimate of drug-likeness (QED) is 0.332. The molecular formula is C23H23N7O2S2. The number of aryl methyl sites for hydroxylation is 2. The lowest BCUT2D eigenvalue weighted by molar-refractivity contribution is 0.601. The van der Waals surface area contributed by atoms with Crippen molar-refractivity contribution in [1.82, 2.24) is 19.7 Å². The number of nitrogens with one attached hydrogen (secondary N) is 3. The van der Waals surface area contributed by atoms with Crippen molar-refractivity contribution in [1.29, 1.82) is 0 Å². The third-order valence-corrected chi connectivity index (χ3v) is 6.38. The SMILES string of the molecule is Cc1cc(C)n(Cc2cccc(NC(=S)Nc3ccc(S(=O)(=O)Nc4ncccn4)cc3)c2)n1. The van der Waals surface area contributed by atoms with Gasteiger partial charge in [0.15, 0.2) is 5.11 Å². The van der Waals surface area contributed by atoms with Crippen molar-refractivity contribution < 1.29 is 8.42 Å². The number of thiocarbonyl (C=S) groups is 1. The van der Waals surface area contributed by atoms with Crippen LogP contribution in [-0.2, 0) is 16.6 Å². The maximum absolute atomic E-state index is 12.5. The largest absolute Gasteiger partial charge is 0.332 e. The van der Waals surface area contributed by atoms with Gasteiger partial charge < -0.3 is 10.6 Å². The van der Waals surface area contributed by atoms with E-state index in [9.17, 15) is 8.42 Å². The molecule has 0 unspecified atom stereocenters. The molecule has 0 aliphatic carbocycles. The Morgan fingerprint density at radius 1 is 0.941 bits per heavy atom. The highest BCUT2D eigenvalue weighted by atomic mass is 32.2. The molecule has 0 amide bonds. The molecule has 2 aromatic heterocycles. The predicted molar refractivity (Wildman–Crippen MR) is 136 cm³/mol. The minimum atomic E-state index is -3.80. The van der Waals surface area contributed by atoms with Crippen LogP contribution in [-0.4, -0.2) is 33.3 Å². The van der Waals surface area contributed by atoms with Crippen molar-refractivity contribution in [2.45, 2.75) is 25.3 Å². The lowest BCUT2D eigenvalue weighted by Gasteiger charge is -2.13. The first kappa shape index (κ1) is 23.3. The van der Waals surface area contributed by atoms with E-state index in [1.54, 1.807) is 18.2 Å². The number of hydrogen-bond donors (Lipinski definition) is 3. The standard InChI is InChI=1S/C23H23N7O2S2/c1-16-13-17(2)30(28-16)15-18-5-3-6-20(14-18)27-23(33)26-19-7-9-21(10-8-19)34(31,32)29-22-24-11-4-12-25-22/h3-14H,15H2,1-2H3,(H,24,25,29)(H2,26,27,33). The molecule has 0 aliphatic heterocycles. The Kier molecular flexibility index (Phi) is 6.85. The van der Waals surface area contributed by atoms with Crippen molar-refractivity contribution in [2.24, 2.45) is 0 Å². The van der Waals surface area contributed by atoms with E-state index in [1.807, 2.05) is 48.9 Å². The minimum Gasteiger partial charge on any atom is -0.332 e. The third kappa shape index (κ3) is 5.94. The monoisotopic (exact) mass is 493 g/mol. The van der Waals surface area contributed by atoms with Crippen LogP contribution in [0.2, 0.25) is 0 Å². The molecule has 4 rings (SSSR count). The average Bonchev–Trinajstić information content (AvgIpc) is 3.11. The second kappa shape index (κ2) is 9.98. The van der Waals surface area contributed by atoms with Crippen LogP contribution in [0.15, 0.2) is 78.0 Å². The van der Waals surface area contributed by atoms with Gasteiger partial charge in [0.2, 0.25) is 5.95 Å². The third-order valence-electron chi connectivity index (χ3n) is 4.83. The van der Waals surface area contributed by atoms with Crippen LogP contribution in [0, 0.1) is 13.8 Å². The van der Waals surface area contributed by atoms with Gasteiger partial charge in [0.05, 0.1) is 17.1 Å². The molecule has 0 bridgehead atoms. The van der Waals surface area contributed by atoms with Crippen molar-refractivity contribution in [3.8, 4) is 0 Å². The van der Waals surface area contributed by atoms with Crippen molar-refractivity contribution in [3.05, 3.63) is 90.0 Å². The summed E-state index contributed by atoms with van der Waals surface area (Å²) in [5.41, 5.74) is 4.66. The Morgan fingerprint density at radius 3 is 2.32 bits per heavy atom. The maximum Gasteiger partial charge on any atom is 0.264 e. The number of benzene rings is 2. The van der Waals surface area contributed by atoms with E-state index in [0.29, 0.717) is 17.3 Å². The van der Waals surface area contributed by atoms with Crippen LogP contribution in [0.1, 0.15) is 17.0 Å². The molecule has 2 heterocycles. The van der Waals surface area contributed by atoms with Crippen LogP contribution in [0.5, 0.6) is 0 Å². The van der Waals surface area contributed by atoms with Gasteiger partial charge in [0, 0.05) is 29.5 Å². The highest BCUT2D eigenvalue weighted by Gasteiger charge is 2.15. The molecule has 0 fully saturated rings. The fraction of sp³-hybridized carbons (Fsp3) is 0.130. The van der Waals surface area contributed by atoms with Gasteiger partial charge in [-0.15, -0.1) is 0 Å². The number of hydrogen-bond acceptors (Lipinski definition) is 6. The molecule has 11 heteroatoms. The molecule has 3 N–H and O–H groups in total. The van der Waals surface area contributed by atoms with E-state index in [-0.39, 0.29) is 10.8 Å². The zero-order valence-corrected chi connectivity index (χ0v) is 20.2. The molecule has 0 saturated carbocycles. The van der Waals surface area contributed by atoms with E-state index < -0.39 is 10.0 Å². The number of nitrogens with zero attached hydrogens (tertiary/aromatic N) is 4. The van der Waals surface area contributed by atoms with Gasteiger partial charge >= 0.3 is 0 Å². The molecule has 9 nitrogen and oxygen atoms in total. The van der Waals surface area contributed by atoms with Crippen molar-refractivity contribution in [2.75, 3.05) is 15.4 Å². The molecule has 0 atom stereocenters. The summed E-state index contributed by atoms with van der Waals surface area (Å²) in [5.74, 6) is 0.00941. The van der Waals surface area contributed by atoms with E-state index in [0.717, 1.165) is 22.6 Å². The van der Waals surface area contributed by atoms with Crippen LogP contribution in [0.4, 0.5) is 17.3 Å². The summed E-state index contributed by atoms with van der Waals surface area (Å²) >= 11 is 5.42. The fourth-order valence-corrected chi connectivity index (χ4v) is 4.49. The van der Waals surface area contributed by atoms with Crippen LogP contribution < -0.4 is 15.4 Å². The Labute approximate surface area is 203 Å². The highest BCUT2D eigenvalue weighted by Crippen LogP contribution is 2.18. The molecular weight excluding hydrogens is 470 g/mol. The van der Waals surface area contributed by atoms with Crippen LogP contribution in [0.25, 0.3) is 0 Å². The second-order valence-electron chi connectivity index (χ2n) is 7.57. The number of rotatable bonds is 7. The zero-order chi connectivity index (χ0) is 24.1. The maximum atomic E-state index is 12.5. The molecule has 4 aromatic rings. The molecule has 34 heavy (non-hydrogen) atoms. The minimum absolute atomic E-state index is 0.00941. The van der Waals surface area contributed by atoms with Gasteiger partial charge in [-0.05, 0) is 80.2 Å². The number of anilines is 3. The molecule has 0 aliphatic rings. The van der Waals surface area contributed by atoms with Gasteiger partial charge in [-0.2, -0.15) is 5.10 Å². The summed E-state index contributed by atoms with van der Waals surface area (Å²) in [7, 11) is -3.80. The molecule has 0 spiro atoms. The van der Waals surface area contributed by atoms with Gasteiger partial charge in [-0.1, -0.05) is 12.1 Å². The Morgan fingerprint density at radius 2 is 1.65 bits per heavy atom. The first-order valence-corrected chi connectivity index (χ1v) is 12.3. The summed E-state index contributed by atoms with van der Waals surface area (Å²) < 4.78 is 29.3. The topological polar surface area (TPSA) is 114 Å². The first-order valence-electron chi connectivity index (χ1n) is 10.4. The highest BCUT2D eigenvalue weighted by molar-refractivity contribution is 7.92. The normalized spacial score (nSPS) is 11.1. The molecule has 2 aromatic carbocycles.